The average molecular weight is 427 g/mol. The Kier molecular flexibility index (Phi) is 5.80. The lowest BCUT2D eigenvalue weighted by Gasteiger charge is -2.09. The second-order valence-corrected chi connectivity index (χ2v) is 8.26. The van der Waals surface area contributed by atoms with Gasteiger partial charge in [0.25, 0.3) is 5.91 Å². The SMILES string of the molecule is Cc1cc(Nc2ccc(C3=CC(CNC(=O)c4ccc(Cl)s4)ON3)cc2)ccn1. The molecule has 1 unspecified atom stereocenters. The zero-order valence-electron chi connectivity index (χ0n) is 15.6. The van der Waals surface area contributed by atoms with Gasteiger partial charge in [-0.1, -0.05) is 23.7 Å². The molecule has 3 aromatic rings. The summed E-state index contributed by atoms with van der Waals surface area (Å²) in [5.74, 6) is -0.158. The largest absolute Gasteiger partial charge is 0.355 e. The van der Waals surface area contributed by atoms with E-state index in [1.54, 1.807) is 18.3 Å². The predicted octanol–water partition coefficient (Wildman–Crippen LogP) is 4.52. The molecule has 0 fully saturated rings. The van der Waals surface area contributed by atoms with E-state index in [1.165, 1.54) is 11.3 Å². The van der Waals surface area contributed by atoms with Crippen molar-refractivity contribution in [3.8, 4) is 0 Å². The molecule has 2 aromatic heterocycles. The summed E-state index contributed by atoms with van der Waals surface area (Å²) in [5, 5.41) is 6.21. The second kappa shape index (κ2) is 8.65. The molecule has 0 spiro atoms. The van der Waals surface area contributed by atoms with Crippen molar-refractivity contribution in [3.05, 3.63) is 81.3 Å². The van der Waals surface area contributed by atoms with E-state index >= 15 is 0 Å². The first kappa shape index (κ1) is 19.4. The number of benzene rings is 1. The molecule has 1 amide bonds. The van der Waals surface area contributed by atoms with Gasteiger partial charge < -0.3 is 10.6 Å². The Morgan fingerprint density at radius 3 is 2.76 bits per heavy atom. The Morgan fingerprint density at radius 1 is 1.21 bits per heavy atom. The Morgan fingerprint density at radius 2 is 2.03 bits per heavy atom. The van der Waals surface area contributed by atoms with E-state index in [2.05, 4.69) is 21.1 Å². The van der Waals surface area contributed by atoms with Crippen LogP contribution in [0.2, 0.25) is 4.34 Å². The molecule has 148 valence electrons. The van der Waals surface area contributed by atoms with Crippen molar-refractivity contribution in [1.29, 1.82) is 0 Å². The van der Waals surface area contributed by atoms with E-state index in [4.69, 9.17) is 16.4 Å². The summed E-state index contributed by atoms with van der Waals surface area (Å²) >= 11 is 7.12. The molecule has 0 saturated heterocycles. The van der Waals surface area contributed by atoms with Crippen LogP contribution in [0.25, 0.3) is 5.70 Å². The van der Waals surface area contributed by atoms with Crippen LogP contribution >= 0.6 is 22.9 Å². The number of carbonyl (C=O) groups is 1. The Labute approximate surface area is 177 Å². The van der Waals surface area contributed by atoms with Crippen molar-refractivity contribution in [3.63, 3.8) is 0 Å². The van der Waals surface area contributed by atoms with Gasteiger partial charge in [0.2, 0.25) is 0 Å². The maximum atomic E-state index is 12.1. The zero-order valence-corrected chi connectivity index (χ0v) is 17.2. The van der Waals surface area contributed by atoms with Gasteiger partial charge in [-0.3, -0.25) is 20.1 Å². The minimum absolute atomic E-state index is 0.158. The number of nitrogens with one attached hydrogen (secondary N) is 3. The number of hydroxylamine groups is 1. The van der Waals surface area contributed by atoms with Crippen LogP contribution in [0.15, 0.2) is 60.8 Å². The molecule has 1 atom stereocenters. The molecule has 0 aliphatic carbocycles. The summed E-state index contributed by atoms with van der Waals surface area (Å²) < 4.78 is 0.591. The minimum atomic E-state index is -0.248. The quantitative estimate of drug-likeness (QED) is 0.540. The molecule has 1 aromatic carbocycles. The van der Waals surface area contributed by atoms with Gasteiger partial charge in [-0.05, 0) is 55.0 Å². The van der Waals surface area contributed by atoms with Crippen molar-refractivity contribution in [2.45, 2.75) is 13.0 Å². The van der Waals surface area contributed by atoms with Gasteiger partial charge in [0, 0.05) is 23.3 Å². The number of hydrogen-bond acceptors (Lipinski definition) is 6. The number of nitrogens with zero attached hydrogens (tertiary/aromatic N) is 1. The number of aromatic nitrogens is 1. The molecule has 0 bridgehead atoms. The van der Waals surface area contributed by atoms with Crippen LogP contribution < -0.4 is 16.1 Å². The lowest BCUT2D eigenvalue weighted by molar-refractivity contribution is 0.0499. The number of pyridine rings is 1. The monoisotopic (exact) mass is 426 g/mol. The standard InChI is InChI=1S/C21H19ClN4O2S/c1-13-10-16(8-9-23-13)25-15-4-2-14(3-5-15)18-11-17(28-26-18)12-24-21(27)19-6-7-20(22)29-19/h2-11,17,26H,12H2,1H3,(H,23,25)(H,24,27). The van der Waals surface area contributed by atoms with Crippen LogP contribution in [0.3, 0.4) is 0 Å². The van der Waals surface area contributed by atoms with Gasteiger partial charge in [-0.15, -0.1) is 11.3 Å². The number of halogens is 1. The Hall–Kier alpha value is -2.87. The second-order valence-electron chi connectivity index (χ2n) is 6.54. The van der Waals surface area contributed by atoms with Gasteiger partial charge in [-0.25, -0.2) is 0 Å². The molecule has 1 aliphatic heterocycles. The van der Waals surface area contributed by atoms with Crippen LogP contribution in [0.5, 0.6) is 0 Å². The fraction of sp³-hybridized carbons (Fsp3) is 0.143. The number of anilines is 2. The minimum Gasteiger partial charge on any atom is -0.355 e. The summed E-state index contributed by atoms with van der Waals surface area (Å²) in [4.78, 5) is 22.4. The average Bonchev–Trinajstić information content (AvgIpc) is 3.36. The molecule has 0 radical (unpaired) electrons. The molecule has 6 nitrogen and oxygen atoms in total. The number of hydrogen-bond donors (Lipinski definition) is 3. The molecule has 8 heteroatoms. The summed E-state index contributed by atoms with van der Waals surface area (Å²) in [6, 6.07) is 15.4. The molecule has 3 N–H and O–H groups in total. The Balaban J connectivity index is 1.34. The third-order valence-electron chi connectivity index (χ3n) is 4.31. The van der Waals surface area contributed by atoms with E-state index < -0.39 is 0 Å². The number of amides is 1. The molecular weight excluding hydrogens is 408 g/mol. The van der Waals surface area contributed by atoms with Crippen LogP contribution in [0, 0.1) is 6.92 Å². The van der Waals surface area contributed by atoms with E-state index in [-0.39, 0.29) is 12.0 Å². The normalized spacial score (nSPS) is 15.5. The zero-order chi connectivity index (χ0) is 20.2. The predicted molar refractivity (Wildman–Crippen MR) is 116 cm³/mol. The van der Waals surface area contributed by atoms with Gasteiger partial charge in [0.05, 0.1) is 21.5 Å². The van der Waals surface area contributed by atoms with Gasteiger partial charge in [0.1, 0.15) is 6.10 Å². The maximum Gasteiger partial charge on any atom is 0.261 e. The van der Waals surface area contributed by atoms with Crippen LogP contribution in [-0.4, -0.2) is 23.5 Å². The van der Waals surface area contributed by atoms with Crippen molar-refractivity contribution in [2.75, 3.05) is 11.9 Å². The van der Waals surface area contributed by atoms with Crippen molar-refractivity contribution in [1.82, 2.24) is 15.8 Å². The number of carbonyl (C=O) groups excluding carboxylic acids is 1. The van der Waals surface area contributed by atoms with Gasteiger partial charge in [-0.2, -0.15) is 0 Å². The molecular formula is C21H19ClN4O2S. The van der Waals surface area contributed by atoms with E-state index in [9.17, 15) is 4.79 Å². The summed E-state index contributed by atoms with van der Waals surface area (Å²) in [6.07, 6.45) is 3.49. The van der Waals surface area contributed by atoms with Gasteiger partial charge >= 0.3 is 0 Å². The number of rotatable bonds is 6. The lowest BCUT2D eigenvalue weighted by Crippen LogP contribution is -2.31. The highest BCUT2D eigenvalue weighted by atomic mass is 35.5. The van der Waals surface area contributed by atoms with Crippen molar-refractivity contribution in [2.24, 2.45) is 0 Å². The fourth-order valence-corrected chi connectivity index (χ4v) is 3.85. The third kappa shape index (κ3) is 4.95. The van der Waals surface area contributed by atoms with E-state index in [0.29, 0.717) is 15.8 Å². The smallest absolute Gasteiger partial charge is 0.261 e. The molecule has 29 heavy (non-hydrogen) atoms. The van der Waals surface area contributed by atoms with Crippen molar-refractivity contribution >= 4 is 45.9 Å². The highest BCUT2D eigenvalue weighted by Gasteiger charge is 2.19. The molecule has 4 rings (SSSR count). The number of thiophene rings is 1. The van der Waals surface area contributed by atoms with Crippen LogP contribution in [-0.2, 0) is 4.84 Å². The highest BCUT2D eigenvalue weighted by Crippen LogP contribution is 2.23. The lowest BCUT2D eigenvalue weighted by atomic mass is 10.1. The Bertz CT molecular complexity index is 1050. The molecule has 1 aliphatic rings. The first-order chi connectivity index (χ1) is 14.1. The number of aryl methyl sites for hydroxylation is 1. The summed E-state index contributed by atoms with van der Waals surface area (Å²) in [7, 11) is 0. The first-order valence-electron chi connectivity index (χ1n) is 9.04. The van der Waals surface area contributed by atoms with Crippen LogP contribution in [0.4, 0.5) is 11.4 Å². The highest BCUT2D eigenvalue weighted by molar-refractivity contribution is 7.17. The first-order valence-corrected chi connectivity index (χ1v) is 10.2. The van der Waals surface area contributed by atoms with Crippen molar-refractivity contribution < 1.29 is 9.63 Å². The third-order valence-corrected chi connectivity index (χ3v) is 5.54. The summed E-state index contributed by atoms with van der Waals surface area (Å²) in [6.45, 7) is 2.33. The summed E-state index contributed by atoms with van der Waals surface area (Å²) in [5.41, 5.74) is 7.74. The maximum absolute atomic E-state index is 12.1. The molecule has 3 heterocycles. The van der Waals surface area contributed by atoms with Gasteiger partial charge in [0.15, 0.2) is 0 Å². The fourth-order valence-electron chi connectivity index (χ4n) is 2.89. The van der Waals surface area contributed by atoms with E-state index in [1.807, 2.05) is 49.4 Å². The van der Waals surface area contributed by atoms with E-state index in [0.717, 1.165) is 28.3 Å². The van der Waals surface area contributed by atoms with Crippen LogP contribution in [0.1, 0.15) is 20.9 Å². The topological polar surface area (TPSA) is 75.3 Å². The molecule has 0 saturated carbocycles.